The first-order valence-corrected chi connectivity index (χ1v) is 7.42. The van der Waals surface area contributed by atoms with Gasteiger partial charge in [-0.15, -0.1) is 0 Å². The fourth-order valence-electron chi connectivity index (χ4n) is 0.989. The Morgan fingerprint density at radius 1 is 1.40 bits per heavy atom. The second-order valence-corrected chi connectivity index (χ2v) is 7.00. The highest BCUT2D eigenvalue weighted by Crippen LogP contribution is 2.27. The van der Waals surface area contributed by atoms with E-state index in [4.69, 9.17) is 9.79 Å². The van der Waals surface area contributed by atoms with Crippen LogP contribution in [0.5, 0.6) is 0 Å². The Balaban J connectivity index is 3.22. The summed E-state index contributed by atoms with van der Waals surface area (Å²) in [7, 11) is 0.462. The van der Waals surface area contributed by atoms with Gasteiger partial charge in [0, 0.05) is 17.7 Å². The molecule has 1 rings (SSSR count). The molecule has 0 bridgehead atoms. The summed E-state index contributed by atoms with van der Waals surface area (Å²) >= 11 is 0. The Kier molecular flexibility index (Phi) is 3.92. The number of hydrogen-bond donors (Lipinski definition) is 2. The van der Waals surface area contributed by atoms with Gasteiger partial charge in [0.1, 0.15) is 5.82 Å². The maximum Gasteiger partial charge on any atom is 0.325 e. The molecule has 0 unspecified atom stereocenters. The third-order valence-electron chi connectivity index (χ3n) is 1.58. The molecule has 0 saturated heterocycles. The monoisotopic (exact) mass is 248 g/mol. The largest absolute Gasteiger partial charge is 0.741 e. The molecule has 0 radical (unpaired) electrons. The zero-order valence-corrected chi connectivity index (χ0v) is 10.4. The number of rotatable bonds is 2. The number of aryl methyl sites for hydroxylation is 1. The Morgan fingerprint density at radius 2 is 2.00 bits per heavy atom. The quantitative estimate of drug-likeness (QED) is 0.448. The van der Waals surface area contributed by atoms with Crippen molar-refractivity contribution in [2.75, 3.05) is 0 Å². The van der Waals surface area contributed by atoms with Gasteiger partial charge in [0.2, 0.25) is 0 Å². The van der Waals surface area contributed by atoms with Gasteiger partial charge in [0.15, 0.2) is 0 Å². The van der Waals surface area contributed by atoms with Crippen LogP contribution in [-0.4, -0.2) is 19.8 Å². The second kappa shape index (κ2) is 4.63. The maximum absolute atomic E-state index is 10.8. The van der Waals surface area contributed by atoms with E-state index in [0.29, 0.717) is 27.5 Å². The molecular weight excluding hydrogens is 235 g/mol. The van der Waals surface area contributed by atoms with Crippen LogP contribution in [0.4, 0.5) is 0 Å². The summed E-state index contributed by atoms with van der Waals surface area (Å²) in [5, 5.41) is 0.319. The smallest absolute Gasteiger partial charge is 0.325 e. The SMILES string of the molecule is Cc1cc([S+]=P([O-])(O)O)nc(C(C)C)n1. The number of hydrogen-bond acceptors (Lipinski definition) is 3. The van der Waals surface area contributed by atoms with Gasteiger partial charge in [-0.05, 0) is 6.92 Å². The van der Waals surface area contributed by atoms with Crippen LogP contribution in [0.15, 0.2) is 11.1 Å². The highest BCUT2D eigenvalue weighted by atomic mass is 32.5. The molecule has 5 nitrogen and oxygen atoms in total. The van der Waals surface area contributed by atoms with Crippen molar-refractivity contribution in [2.24, 2.45) is 0 Å². The van der Waals surface area contributed by atoms with E-state index >= 15 is 0 Å². The van der Waals surface area contributed by atoms with Crippen molar-refractivity contribution in [3.63, 3.8) is 0 Å². The van der Waals surface area contributed by atoms with Crippen LogP contribution in [0.3, 0.4) is 0 Å². The molecule has 1 heterocycles. The molecule has 0 spiro atoms. The highest BCUT2D eigenvalue weighted by Gasteiger charge is 2.16. The predicted octanol–water partition coefficient (Wildman–Crippen LogP) is 0.372. The average Bonchev–Trinajstić information content (AvgIpc) is 1.99. The van der Waals surface area contributed by atoms with Gasteiger partial charge in [-0.3, -0.25) is 0 Å². The molecule has 0 aromatic carbocycles. The lowest BCUT2D eigenvalue weighted by Gasteiger charge is -2.04. The third kappa shape index (κ3) is 4.32. The van der Waals surface area contributed by atoms with E-state index in [9.17, 15) is 4.89 Å². The molecule has 0 aliphatic carbocycles. The fraction of sp³-hybridized carbons (Fsp3) is 0.500. The third-order valence-corrected chi connectivity index (χ3v) is 3.49. The van der Waals surface area contributed by atoms with Crippen molar-refractivity contribution in [3.8, 4) is 0 Å². The van der Waals surface area contributed by atoms with Gasteiger partial charge in [0.05, 0.1) is 0 Å². The predicted molar refractivity (Wildman–Crippen MR) is 57.8 cm³/mol. The Hall–Kier alpha value is -0.390. The molecule has 84 valence electrons. The lowest BCUT2D eigenvalue weighted by atomic mass is 10.2. The summed E-state index contributed by atoms with van der Waals surface area (Å²) in [5.41, 5.74) is 0.713. The van der Waals surface area contributed by atoms with E-state index < -0.39 is 6.72 Å². The van der Waals surface area contributed by atoms with Crippen LogP contribution in [0.25, 0.3) is 0 Å². The highest BCUT2D eigenvalue weighted by molar-refractivity contribution is 8.15. The molecule has 1 aromatic rings. The summed E-state index contributed by atoms with van der Waals surface area (Å²) in [6.07, 6.45) is 0. The first-order valence-electron chi connectivity index (χ1n) is 4.38. The molecule has 2 N–H and O–H groups in total. The van der Waals surface area contributed by atoms with Gasteiger partial charge in [-0.25, -0.2) is 4.98 Å². The normalized spacial score (nSPS) is 11.9. The van der Waals surface area contributed by atoms with E-state index in [1.807, 2.05) is 13.8 Å². The van der Waals surface area contributed by atoms with Crippen LogP contribution in [0.2, 0.25) is 0 Å². The van der Waals surface area contributed by atoms with E-state index in [-0.39, 0.29) is 5.92 Å². The van der Waals surface area contributed by atoms with Crippen LogP contribution in [-0.2, 0) is 10.9 Å². The minimum absolute atomic E-state index is 0.140. The van der Waals surface area contributed by atoms with Crippen molar-refractivity contribution in [1.82, 2.24) is 9.97 Å². The summed E-state index contributed by atoms with van der Waals surface area (Å²) in [6.45, 7) is 1.51. The molecule has 0 saturated carbocycles. The van der Waals surface area contributed by atoms with Crippen molar-refractivity contribution < 1.29 is 14.7 Å². The lowest BCUT2D eigenvalue weighted by molar-refractivity contribution is -0.196. The van der Waals surface area contributed by atoms with Crippen molar-refractivity contribution in [2.45, 2.75) is 31.7 Å². The van der Waals surface area contributed by atoms with Crippen LogP contribution < -0.4 is 4.89 Å². The lowest BCUT2D eigenvalue weighted by Crippen LogP contribution is -2.04. The summed E-state index contributed by atoms with van der Waals surface area (Å²) in [6, 6.07) is 1.57. The van der Waals surface area contributed by atoms with E-state index in [1.54, 1.807) is 13.0 Å². The molecule has 1 aromatic heterocycles. The molecular formula is C8H13N2O3PS. The first kappa shape index (κ1) is 12.7. The molecule has 0 aliphatic heterocycles. The number of aromatic nitrogens is 2. The van der Waals surface area contributed by atoms with Gasteiger partial charge >= 0.3 is 11.7 Å². The van der Waals surface area contributed by atoms with Gasteiger partial charge in [-0.1, -0.05) is 13.8 Å². The van der Waals surface area contributed by atoms with E-state index in [2.05, 4.69) is 9.97 Å². The zero-order valence-electron chi connectivity index (χ0n) is 8.71. The van der Waals surface area contributed by atoms with Crippen molar-refractivity contribution >= 4 is 17.7 Å². The van der Waals surface area contributed by atoms with Gasteiger partial charge in [0.25, 0.3) is 10.9 Å². The summed E-state index contributed by atoms with van der Waals surface area (Å²) in [5.74, 6) is 0.743. The molecule has 0 fully saturated rings. The van der Waals surface area contributed by atoms with Crippen molar-refractivity contribution in [1.29, 1.82) is 0 Å². The average molecular weight is 248 g/mol. The fourth-order valence-corrected chi connectivity index (χ4v) is 2.60. The van der Waals surface area contributed by atoms with Crippen LogP contribution >= 0.6 is 6.72 Å². The maximum atomic E-state index is 10.8. The van der Waals surface area contributed by atoms with Gasteiger partial charge < -0.3 is 14.7 Å². The van der Waals surface area contributed by atoms with Gasteiger partial charge in [-0.2, -0.15) is 4.98 Å². The Morgan fingerprint density at radius 3 is 2.47 bits per heavy atom. The first-order chi connectivity index (χ1) is 6.78. The standard InChI is InChI=1S/C8H13N2O3PS/c1-5(2)8-9-6(3)4-7(10-8)15-14(11,12)13/h4-5H,1-3H3,(H2-,11,12,13). The molecule has 0 atom stereocenters. The second-order valence-electron chi connectivity index (χ2n) is 3.44. The Labute approximate surface area is 92.1 Å². The minimum atomic E-state index is -4.13. The van der Waals surface area contributed by atoms with Crippen molar-refractivity contribution in [3.05, 3.63) is 17.6 Å². The molecule has 7 heteroatoms. The topological polar surface area (TPSA) is 89.3 Å². The van der Waals surface area contributed by atoms with E-state index in [1.165, 1.54) is 0 Å². The molecule has 15 heavy (non-hydrogen) atoms. The van der Waals surface area contributed by atoms with E-state index in [0.717, 1.165) is 0 Å². The molecule has 0 amide bonds. The Bertz CT molecular complexity index is 408. The minimum Gasteiger partial charge on any atom is -0.741 e. The molecule has 0 aliphatic rings. The summed E-state index contributed by atoms with van der Waals surface area (Å²) < 4.78 is 0. The zero-order chi connectivity index (χ0) is 11.6. The number of nitrogens with zero attached hydrogens (tertiary/aromatic N) is 2. The van der Waals surface area contributed by atoms with Crippen LogP contribution in [0.1, 0.15) is 31.3 Å². The van der Waals surface area contributed by atoms with Crippen LogP contribution in [0, 0.1) is 6.92 Å². The summed E-state index contributed by atoms with van der Waals surface area (Å²) in [4.78, 5) is 36.7.